The molecule has 0 radical (unpaired) electrons. The third-order valence-corrected chi connectivity index (χ3v) is 7.97. The van der Waals surface area contributed by atoms with Gasteiger partial charge in [-0.3, -0.25) is 14.6 Å². The van der Waals surface area contributed by atoms with E-state index in [9.17, 15) is 4.79 Å². The third kappa shape index (κ3) is 7.27. The summed E-state index contributed by atoms with van der Waals surface area (Å²) in [4.78, 5) is 22.3. The predicted octanol–water partition coefficient (Wildman–Crippen LogP) is 5.26. The van der Waals surface area contributed by atoms with Crippen molar-refractivity contribution in [1.29, 1.82) is 0 Å². The predicted molar refractivity (Wildman–Crippen MR) is 147 cm³/mol. The molecule has 1 aromatic heterocycles. The Labute approximate surface area is 227 Å². The fraction of sp³-hybridized carbons (Fsp3) is 0.483. The molecule has 37 heavy (non-hydrogen) atoms. The SMILES string of the molecule is CC1CCCN(Cc2cccc(CNC(=O)C3CCN(Cc4nc(-c5cccc(Br)c5)no4)CC3)c2)C1. The molecule has 7 nitrogen and oxygen atoms in total. The molecule has 2 aromatic carbocycles. The van der Waals surface area contributed by atoms with E-state index in [2.05, 4.69) is 72.4 Å². The number of piperidine rings is 2. The van der Waals surface area contributed by atoms with Gasteiger partial charge in [-0.2, -0.15) is 4.98 Å². The zero-order valence-corrected chi connectivity index (χ0v) is 23.1. The lowest BCUT2D eigenvalue weighted by Gasteiger charge is -2.31. The first-order valence-electron chi connectivity index (χ1n) is 13.4. The van der Waals surface area contributed by atoms with Gasteiger partial charge in [0, 0.05) is 35.6 Å². The minimum Gasteiger partial charge on any atom is -0.352 e. The van der Waals surface area contributed by atoms with Crippen LogP contribution >= 0.6 is 15.9 Å². The minimum atomic E-state index is 0.0502. The van der Waals surface area contributed by atoms with Crippen LogP contribution in [0.15, 0.2) is 57.5 Å². The molecule has 0 bridgehead atoms. The van der Waals surface area contributed by atoms with Gasteiger partial charge in [-0.05, 0) is 74.5 Å². The maximum absolute atomic E-state index is 12.9. The van der Waals surface area contributed by atoms with Crippen molar-refractivity contribution in [2.45, 2.75) is 52.2 Å². The van der Waals surface area contributed by atoms with E-state index in [1.165, 1.54) is 37.1 Å². The number of carbonyl (C=O) groups excluding carboxylic acids is 1. The first-order valence-corrected chi connectivity index (χ1v) is 14.2. The molecule has 0 saturated carbocycles. The Morgan fingerprint density at radius 2 is 1.84 bits per heavy atom. The summed E-state index contributed by atoms with van der Waals surface area (Å²) in [7, 11) is 0. The quantitative estimate of drug-likeness (QED) is 0.401. The topological polar surface area (TPSA) is 74.5 Å². The van der Waals surface area contributed by atoms with Gasteiger partial charge in [0.15, 0.2) is 0 Å². The number of rotatable bonds is 8. The van der Waals surface area contributed by atoms with Crippen molar-refractivity contribution in [3.63, 3.8) is 0 Å². The molecule has 2 fully saturated rings. The maximum atomic E-state index is 12.9. The van der Waals surface area contributed by atoms with Crippen LogP contribution < -0.4 is 5.32 Å². The number of amides is 1. The number of aromatic nitrogens is 2. The van der Waals surface area contributed by atoms with Gasteiger partial charge in [-0.25, -0.2) is 0 Å². The van der Waals surface area contributed by atoms with Crippen molar-refractivity contribution in [1.82, 2.24) is 25.3 Å². The number of benzene rings is 2. The van der Waals surface area contributed by atoms with E-state index in [-0.39, 0.29) is 11.8 Å². The van der Waals surface area contributed by atoms with Crippen molar-refractivity contribution in [2.75, 3.05) is 26.2 Å². The molecular formula is C29H36BrN5O2. The molecule has 2 saturated heterocycles. The second kappa shape index (κ2) is 12.3. The molecule has 0 spiro atoms. The molecule has 3 aromatic rings. The fourth-order valence-electron chi connectivity index (χ4n) is 5.47. The molecule has 0 aliphatic carbocycles. The number of carbonyl (C=O) groups is 1. The third-order valence-electron chi connectivity index (χ3n) is 7.47. The highest BCUT2D eigenvalue weighted by atomic mass is 79.9. The highest BCUT2D eigenvalue weighted by molar-refractivity contribution is 9.10. The van der Waals surface area contributed by atoms with Gasteiger partial charge in [0.25, 0.3) is 0 Å². The van der Waals surface area contributed by atoms with Crippen LogP contribution in [0.1, 0.15) is 49.6 Å². The van der Waals surface area contributed by atoms with Crippen molar-refractivity contribution in [2.24, 2.45) is 11.8 Å². The van der Waals surface area contributed by atoms with Gasteiger partial charge in [-0.15, -0.1) is 0 Å². The maximum Gasteiger partial charge on any atom is 0.241 e. The largest absolute Gasteiger partial charge is 0.352 e. The van der Waals surface area contributed by atoms with E-state index in [0.29, 0.717) is 24.8 Å². The molecule has 196 valence electrons. The Balaban J connectivity index is 1.06. The highest BCUT2D eigenvalue weighted by Crippen LogP contribution is 2.23. The van der Waals surface area contributed by atoms with Crippen molar-refractivity contribution >= 4 is 21.8 Å². The van der Waals surface area contributed by atoms with Gasteiger partial charge >= 0.3 is 0 Å². The number of nitrogens with zero attached hydrogens (tertiary/aromatic N) is 4. The molecule has 2 aliphatic rings. The Morgan fingerprint density at radius 3 is 2.65 bits per heavy atom. The van der Waals surface area contributed by atoms with Gasteiger partial charge in [0.1, 0.15) is 0 Å². The first-order chi connectivity index (χ1) is 18.0. The minimum absolute atomic E-state index is 0.0502. The Morgan fingerprint density at radius 1 is 1.03 bits per heavy atom. The van der Waals surface area contributed by atoms with E-state index >= 15 is 0 Å². The van der Waals surface area contributed by atoms with Crippen molar-refractivity contribution in [3.05, 3.63) is 70.0 Å². The number of hydrogen-bond acceptors (Lipinski definition) is 6. The number of nitrogens with one attached hydrogen (secondary N) is 1. The van der Waals surface area contributed by atoms with Crippen LogP contribution in [-0.4, -0.2) is 52.0 Å². The molecule has 2 aliphatic heterocycles. The summed E-state index contributed by atoms with van der Waals surface area (Å²) >= 11 is 3.48. The second-order valence-corrected chi connectivity index (χ2v) is 11.5. The van der Waals surface area contributed by atoms with Crippen LogP contribution in [0.4, 0.5) is 0 Å². The zero-order chi connectivity index (χ0) is 25.6. The fourth-order valence-corrected chi connectivity index (χ4v) is 5.87. The zero-order valence-electron chi connectivity index (χ0n) is 21.5. The standard InChI is InChI=1S/C29H36BrN5O2/c1-21-5-4-12-35(18-21)19-23-7-2-6-22(15-23)17-31-29(36)24-10-13-34(14-11-24)20-27-32-28(33-37-27)25-8-3-9-26(30)16-25/h2-3,6-9,15-16,21,24H,4-5,10-14,17-20H2,1H3,(H,31,36). The van der Waals surface area contributed by atoms with Crippen LogP contribution in [0.3, 0.4) is 0 Å². The average molecular weight is 567 g/mol. The van der Waals surface area contributed by atoms with E-state index in [1.807, 2.05) is 24.3 Å². The summed E-state index contributed by atoms with van der Waals surface area (Å²) in [6.45, 7) is 8.58. The molecule has 8 heteroatoms. The lowest BCUT2D eigenvalue weighted by Crippen LogP contribution is -2.40. The molecule has 1 amide bonds. The molecular weight excluding hydrogens is 530 g/mol. The summed E-state index contributed by atoms with van der Waals surface area (Å²) in [5.74, 6) is 2.19. The molecule has 3 heterocycles. The summed E-state index contributed by atoms with van der Waals surface area (Å²) in [5.41, 5.74) is 3.43. The first kappa shape index (κ1) is 26.1. The van der Waals surface area contributed by atoms with Gasteiger partial charge in [0.05, 0.1) is 6.54 Å². The lowest BCUT2D eigenvalue weighted by molar-refractivity contribution is -0.126. The Kier molecular flexibility index (Phi) is 8.69. The number of halogens is 1. The summed E-state index contributed by atoms with van der Waals surface area (Å²) in [6, 6.07) is 16.5. The molecule has 1 N–H and O–H groups in total. The number of hydrogen-bond donors (Lipinski definition) is 1. The van der Waals surface area contributed by atoms with Crippen LogP contribution in [0.2, 0.25) is 0 Å². The van der Waals surface area contributed by atoms with Gasteiger partial charge < -0.3 is 9.84 Å². The van der Waals surface area contributed by atoms with Crippen molar-refractivity contribution < 1.29 is 9.32 Å². The monoisotopic (exact) mass is 565 g/mol. The normalized spacial score (nSPS) is 19.7. The lowest BCUT2D eigenvalue weighted by atomic mass is 9.95. The Hall–Kier alpha value is -2.55. The van der Waals surface area contributed by atoms with Crippen LogP contribution in [0.25, 0.3) is 11.4 Å². The van der Waals surface area contributed by atoms with E-state index in [4.69, 9.17) is 4.52 Å². The highest BCUT2D eigenvalue weighted by Gasteiger charge is 2.26. The smallest absolute Gasteiger partial charge is 0.241 e. The molecule has 1 unspecified atom stereocenters. The number of likely N-dealkylation sites (tertiary alicyclic amines) is 2. The summed E-state index contributed by atoms with van der Waals surface area (Å²) < 4.78 is 6.47. The molecule has 5 rings (SSSR count). The van der Waals surface area contributed by atoms with Gasteiger partial charge in [0.2, 0.25) is 17.6 Å². The van der Waals surface area contributed by atoms with Crippen LogP contribution in [0, 0.1) is 11.8 Å². The molecule has 1 atom stereocenters. The van der Waals surface area contributed by atoms with Crippen molar-refractivity contribution in [3.8, 4) is 11.4 Å². The average Bonchev–Trinajstić information content (AvgIpc) is 3.36. The summed E-state index contributed by atoms with van der Waals surface area (Å²) in [5, 5.41) is 7.31. The van der Waals surface area contributed by atoms with E-state index < -0.39 is 0 Å². The second-order valence-electron chi connectivity index (χ2n) is 10.6. The van der Waals surface area contributed by atoms with Gasteiger partial charge in [-0.1, -0.05) is 64.4 Å². The summed E-state index contributed by atoms with van der Waals surface area (Å²) in [6.07, 6.45) is 4.31. The van der Waals surface area contributed by atoms with Crippen LogP contribution in [-0.2, 0) is 24.4 Å². The van der Waals surface area contributed by atoms with Crippen LogP contribution in [0.5, 0.6) is 0 Å². The van der Waals surface area contributed by atoms with E-state index in [1.54, 1.807) is 0 Å². The van der Waals surface area contributed by atoms with E-state index in [0.717, 1.165) is 48.4 Å². The Bertz CT molecular complexity index is 1190.